The van der Waals surface area contributed by atoms with Gasteiger partial charge in [0.2, 0.25) is 10.0 Å². The van der Waals surface area contributed by atoms with Gasteiger partial charge in [0.15, 0.2) is 28.2 Å². The number of piperidine rings is 1. The second-order valence-corrected chi connectivity index (χ2v) is 6.39. The first kappa shape index (κ1) is 16.7. The summed E-state index contributed by atoms with van der Waals surface area (Å²) in [7, 11) is -4.82. The maximum Gasteiger partial charge on any atom is 0.246 e. The van der Waals surface area contributed by atoms with Crippen molar-refractivity contribution in [3.05, 3.63) is 28.8 Å². The summed E-state index contributed by atoms with van der Waals surface area (Å²) in [4.78, 5) is -1.76. The molecule has 22 heavy (non-hydrogen) atoms. The van der Waals surface area contributed by atoms with Crippen LogP contribution < -0.4 is 10.0 Å². The first-order chi connectivity index (χ1) is 10.3. The first-order valence-corrected chi connectivity index (χ1v) is 7.77. The second-order valence-electron chi connectivity index (χ2n) is 4.74. The third-order valence-corrected chi connectivity index (χ3v) is 4.76. The van der Waals surface area contributed by atoms with Crippen molar-refractivity contribution in [2.45, 2.75) is 23.8 Å². The van der Waals surface area contributed by atoms with Crippen LogP contribution in [0, 0.1) is 34.6 Å². The highest BCUT2D eigenvalue weighted by atomic mass is 32.2. The zero-order chi connectivity index (χ0) is 16.5. The van der Waals surface area contributed by atoms with E-state index in [1.807, 2.05) is 4.72 Å². The molecule has 1 heterocycles. The lowest BCUT2D eigenvalue weighted by Gasteiger charge is -2.23. The van der Waals surface area contributed by atoms with Crippen molar-refractivity contribution in [3.8, 4) is 6.07 Å². The van der Waals surface area contributed by atoms with Crippen molar-refractivity contribution in [2.75, 3.05) is 13.1 Å². The van der Waals surface area contributed by atoms with E-state index < -0.39 is 49.8 Å². The molecular weight excluding hydrogens is 326 g/mol. The predicted octanol–water partition coefficient (Wildman–Crippen LogP) is 1.14. The average Bonchev–Trinajstić information content (AvgIpc) is 2.46. The van der Waals surface area contributed by atoms with Gasteiger partial charge in [-0.3, -0.25) is 0 Å². The summed E-state index contributed by atoms with van der Waals surface area (Å²) >= 11 is 0. The Kier molecular flexibility index (Phi) is 4.69. The molecule has 0 aromatic heterocycles. The summed E-state index contributed by atoms with van der Waals surface area (Å²) < 4.78 is 80.6. The number of halogens is 4. The fraction of sp³-hybridized carbons (Fsp3) is 0.417. The van der Waals surface area contributed by atoms with Crippen LogP contribution >= 0.6 is 0 Å². The van der Waals surface area contributed by atoms with Gasteiger partial charge in [-0.05, 0) is 19.4 Å². The normalized spacial score (nSPS) is 19.0. The van der Waals surface area contributed by atoms with Crippen molar-refractivity contribution in [1.82, 2.24) is 10.0 Å². The Morgan fingerprint density at radius 3 is 2.18 bits per heavy atom. The van der Waals surface area contributed by atoms with Crippen molar-refractivity contribution in [2.24, 2.45) is 0 Å². The maximum atomic E-state index is 13.8. The molecule has 120 valence electrons. The fourth-order valence-electron chi connectivity index (χ4n) is 2.18. The summed E-state index contributed by atoms with van der Waals surface area (Å²) in [5.74, 6) is -8.31. The van der Waals surface area contributed by atoms with Crippen molar-refractivity contribution >= 4 is 10.0 Å². The summed E-state index contributed by atoms with van der Waals surface area (Å²) in [6.45, 7) is 0.894. The monoisotopic (exact) mass is 337 g/mol. The van der Waals surface area contributed by atoms with Crippen LogP contribution in [0.25, 0.3) is 0 Å². The molecule has 0 aliphatic carbocycles. The highest BCUT2D eigenvalue weighted by molar-refractivity contribution is 7.89. The van der Waals surface area contributed by atoms with Gasteiger partial charge in [0.05, 0.1) is 0 Å². The number of nitriles is 1. The van der Waals surface area contributed by atoms with Gasteiger partial charge in [-0.2, -0.15) is 5.26 Å². The number of nitrogens with one attached hydrogen (secondary N) is 2. The van der Waals surface area contributed by atoms with Gasteiger partial charge >= 0.3 is 0 Å². The first-order valence-electron chi connectivity index (χ1n) is 6.28. The van der Waals surface area contributed by atoms with Gasteiger partial charge in [-0.25, -0.2) is 30.7 Å². The van der Waals surface area contributed by atoms with Gasteiger partial charge in [-0.15, -0.1) is 0 Å². The maximum absolute atomic E-state index is 13.8. The summed E-state index contributed by atoms with van der Waals surface area (Å²) in [5, 5.41) is 11.3. The third-order valence-electron chi connectivity index (χ3n) is 3.22. The molecule has 0 saturated carbocycles. The highest BCUT2D eigenvalue weighted by Gasteiger charge is 2.34. The topological polar surface area (TPSA) is 82.0 Å². The lowest BCUT2D eigenvalue weighted by molar-refractivity contribution is 0.405. The molecule has 0 radical (unpaired) electrons. The van der Waals surface area contributed by atoms with Gasteiger partial charge in [-0.1, -0.05) is 0 Å². The molecule has 0 bridgehead atoms. The van der Waals surface area contributed by atoms with Crippen LogP contribution in [0.2, 0.25) is 0 Å². The molecule has 1 aromatic rings. The Morgan fingerprint density at radius 2 is 1.73 bits per heavy atom. The SMILES string of the molecule is N#Cc1c(F)c(F)c(S(=O)(=O)NC2CCCNC2)c(F)c1F. The molecule has 2 rings (SSSR count). The Bertz CT molecular complexity index is 711. The largest absolute Gasteiger partial charge is 0.315 e. The fourth-order valence-corrected chi connectivity index (χ4v) is 3.59. The number of sulfonamides is 1. The van der Waals surface area contributed by atoms with E-state index in [0.717, 1.165) is 6.07 Å². The minimum atomic E-state index is -4.82. The van der Waals surface area contributed by atoms with Crippen molar-refractivity contribution < 1.29 is 26.0 Å². The minimum absolute atomic E-state index is 0.226. The van der Waals surface area contributed by atoms with Crippen LogP contribution in [-0.4, -0.2) is 27.5 Å². The van der Waals surface area contributed by atoms with Crippen molar-refractivity contribution in [3.63, 3.8) is 0 Å². The standard InChI is InChI=1S/C12H11F4N3O2S/c13-8-7(4-17)9(14)11(16)12(10(8)15)22(20,21)19-6-2-1-3-18-5-6/h6,18-19H,1-3,5H2. The molecule has 0 amide bonds. The van der Waals surface area contributed by atoms with Crippen LogP contribution in [0.1, 0.15) is 18.4 Å². The molecule has 1 atom stereocenters. The smallest absolute Gasteiger partial charge is 0.246 e. The zero-order valence-electron chi connectivity index (χ0n) is 11.1. The molecule has 1 unspecified atom stereocenters. The summed E-state index contributed by atoms with van der Waals surface area (Å²) in [6.07, 6.45) is 1.05. The Labute approximate surface area is 124 Å². The molecule has 0 spiro atoms. The van der Waals surface area contributed by atoms with E-state index in [0.29, 0.717) is 19.4 Å². The van der Waals surface area contributed by atoms with Crippen LogP contribution in [0.15, 0.2) is 4.90 Å². The van der Waals surface area contributed by atoms with Crippen LogP contribution in [0.3, 0.4) is 0 Å². The predicted molar refractivity (Wildman–Crippen MR) is 67.2 cm³/mol. The summed E-state index contributed by atoms with van der Waals surface area (Å²) in [5.41, 5.74) is -1.51. The average molecular weight is 337 g/mol. The number of rotatable bonds is 3. The quantitative estimate of drug-likeness (QED) is 0.640. The Balaban J connectivity index is 2.49. The van der Waals surface area contributed by atoms with Crippen LogP contribution in [0.4, 0.5) is 17.6 Å². The van der Waals surface area contributed by atoms with Gasteiger partial charge in [0.25, 0.3) is 0 Å². The number of hydrogen-bond acceptors (Lipinski definition) is 4. The van der Waals surface area contributed by atoms with Gasteiger partial charge in [0.1, 0.15) is 11.6 Å². The van der Waals surface area contributed by atoms with E-state index in [1.165, 1.54) is 0 Å². The number of benzene rings is 1. The summed E-state index contributed by atoms with van der Waals surface area (Å²) in [6, 6.07) is 0.297. The van der Waals surface area contributed by atoms with Gasteiger partial charge < -0.3 is 5.32 Å². The van der Waals surface area contributed by atoms with E-state index in [1.54, 1.807) is 0 Å². The van der Waals surface area contributed by atoms with Gasteiger partial charge in [0, 0.05) is 12.6 Å². The molecular formula is C12H11F4N3O2S. The second kappa shape index (κ2) is 6.20. The molecule has 2 N–H and O–H groups in total. The molecule has 1 aliphatic heterocycles. The van der Waals surface area contributed by atoms with E-state index in [2.05, 4.69) is 5.32 Å². The Morgan fingerprint density at radius 1 is 1.14 bits per heavy atom. The van der Waals surface area contributed by atoms with E-state index in [9.17, 15) is 26.0 Å². The molecule has 1 aromatic carbocycles. The lowest BCUT2D eigenvalue weighted by Crippen LogP contribution is -2.46. The molecule has 1 saturated heterocycles. The Hall–Kier alpha value is -1.70. The van der Waals surface area contributed by atoms with E-state index in [-0.39, 0.29) is 6.54 Å². The molecule has 5 nitrogen and oxygen atoms in total. The number of hydrogen-bond donors (Lipinski definition) is 2. The van der Waals surface area contributed by atoms with Crippen LogP contribution in [0.5, 0.6) is 0 Å². The van der Waals surface area contributed by atoms with E-state index >= 15 is 0 Å². The lowest BCUT2D eigenvalue weighted by atomic mass is 10.1. The molecule has 1 aliphatic rings. The third kappa shape index (κ3) is 2.92. The minimum Gasteiger partial charge on any atom is -0.315 e. The van der Waals surface area contributed by atoms with E-state index in [4.69, 9.17) is 5.26 Å². The van der Waals surface area contributed by atoms with Crippen molar-refractivity contribution in [1.29, 1.82) is 5.26 Å². The molecule has 1 fully saturated rings. The number of nitrogens with zero attached hydrogens (tertiary/aromatic N) is 1. The van der Waals surface area contributed by atoms with Crippen LogP contribution in [-0.2, 0) is 10.0 Å². The highest BCUT2D eigenvalue weighted by Crippen LogP contribution is 2.27. The molecule has 10 heteroatoms. The zero-order valence-corrected chi connectivity index (χ0v) is 11.9.